The zero-order chi connectivity index (χ0) is 13.0. The first-order chi connectivity index (χ1) is 8.68. The molecule has 1 aromatic rings. The third-order valence-corrected chi connectivity index (χ3v) is 4.31. The number of carbonyl (C=O) groups is 1. The molecule has 1 saturated heterocycles. The van der Waals surface area contributed by atoms with Crippen molar-refractivity contribution in [2.75, 3.05) is 26.2 Å². The smallest absolute Gasteiger partial charge is 0.235 e. The maximum absolute atomic E-state index is 12.2. The van der Waals surface area contributed by atoms with E-state index in [0.717, 1.165) is 31.2 Å². The lowest BCUT2D eigenvalue weighted by molar-refractivity contribution is -0.130. The molecule has 1 unspecified atom stereocenters. The molecule has 1 aliphatic heterocycles. The molecule has 6 heteroatoms. The van der Waals surface area contributed by atoms with Gasteiger partial charge in [-0.2, -0.15) is 0 Å². The summed E-state index contributed by atoms with van der Waals surface area (Å²) in [5.74, 6) is 0.156. The van der Waals surface area contributed by atoms with Crippen molar-refractivity contribution in [3.8, 4) is 0 Å². The van der Waals surface area contributed by atoms with Crippen LogP contribution in [0, 0.1) is 0 Å². The SMILES string of the molecule is CC(Sc1ncccc1Cl)C(=O)N1CCNCC1. The van der Waals surface area contributed by atoms with Gasteiger partial charge >= 0.3 is 0 Å². The van der Waals surface area contributed by atoms with Crippen LogP contribution in [0.15, 0.2) is 23.4 Å². The summed E-state index contributed by atoms with van der Waals surface area (Å²) in [5.41, 5.74) is 0. The van der Waals surface area contributed by atoms with E-state index < -0.39 is 0 Å². The number of pyridine rings is 1. The van der Waals surface area contributed by atoms with Gasteiger partial charge in [0, 0.05) is 32.4 Å². The highest BCUT2D eigenvalue weighted by Gasteiger charge is 2.23. The summed E-state index contributed by atoms with van der Waals surface area (Å²) < 4.78 is 0. The average molecular weight is 286 g/mol. The fourth-order valence-corrected chi connectivity index (χ4v) is 2.96. The Hall–Kier alpha value is -0.780. The van der Waals surface area contributed by atoms with E-state index in [4.69, 9.17) is 11.6 Å². The summed E-state index contributed by atoms with van der Waals surface area (Å²) in [6, 6.07) is 3.58. The van der Waals surface area contributed by atoms with Gasteiger partial charge in [-0.15, -0.1) is 0 Å². The molecule has 1 N–H and O–H groups in total. The zero-order valence-corrected chi connectivity index (χ0v) is 11.8. The van der Waals surface area contributed by atoms with E-state index in [1.54, 1.807) is 18.3 Å². The highest BCUT2D eigenvalue weighted by molar-refractivity contribution is 8.00. The van der Waals surface area contributed by atoms with Gasteiger partial charge in [0.15, 0.2) is 0 Å². The second-order valence-electron chi connectivity index (χ2n) is 4.13. The van der Waals surface area contributed by atoms with Crippen LogP contribution in [0.5, 0.6) is 0 Å². The van der Waals surface area contributed by atoms with E-state index in [0.29, 0.717) is 5.02 Å². The summed E-state index contributed by atoms with van der Waals surface area (Å²) in [6.45, 7) is 5.19. The van der Waals surface area contributed by atoms with Crippen LogP contribution in [-0.4, -0.2) is 47.2 Å². The predicted octanol–water partition coefficient (Wildman–Crippen LogP) is 1.65. The number of amides is 1. The standard InChI is InChI=1S/C12H16ClN3OS/c1-9(12(17)16-7-5-14-6-8-16)18-11-10(13)3-2-4-15-11/h2-4,9,14H,5-8H2,1H3. The number of thioether (sulfide) groups is 1. The van der Waals surface area contributed by atoms with Crippen molar-refractivity contribution < 1.29 is 4.79 Å². The number of nitrogens with one attached hydrogen (secondary N) is 1. The Balaban J connectivity index is 1.96. The van der Waals surface area contributed by atoms with Gasteiger partial charge in [0.05, 0.1) is 10.3 Å². The molecule has 1 aliphatic rings. The maximum Gasteiger partial charge on any atom is 0.235 e. The summed E-state index contributed by atoms with van der Waals surface area (Å²) in [4.78, 5) is 18.3. The molecule has 0 aliphatic carbocycles. The van der Waals surface area contributed by atoms with Crippen LogP contribution in [0.2, 0.25) is 5.02 Å². The first-order valence-electron chi connectivity index (χ1n) is 5.95. The maximum atomic E-state index is 12.2. The molecule has 1 atom stereocenters. The molecular weight excluding hydrogens is 270 g/mol. The number of hydrogen-bond donors (Lipinski definition) is 1. The Kier molecular flexibility index (Phi) is 4.86. The van der Waals surface area contributed by atoms with Gasteiger partial charge in [0.25, 0.3) is 0 Å². The van der Waals surface area contributed by atoms with E-state index in [1.807, 2.05) is 11.8 Å². The molecule has 1 fully saturated rings. The van der Waals surface area contributed by atoms with Gasteiger partial charge in [-0.05, 0) is 19.1 Å². The quantitative estimate of drug-likeness (QED) is 0.858. The lowest BCUT2D eigenvalue weighted by Gasteiger charge is -2.29. The van der Waals surface area contributed by atoms with Gasteiger partial charge in [-0.1, -0.05) is 23.4 Å². The number of nitrogens with zero attached hydrogens (tertiary/aromatic N) is 2. The Morgan fingerprint density at radius 1 is 1.56 bits per heavy atom. The van der Waals surface area contributed by atoms with E-state index in [2.05, 4.69) is 10.3 Å². The fraction of sp³-hybridized carbons (Fsp3) is 0.500. The van der Waals surface area contributed by atoms with Gasteiger partial charge in [-0.3, -0.25) is 4.79 Å². The lowest BCUT2D eigenvalue weighted by Crippen LogP contribution is -2.48. The van der Waals surface area contributed by atoms with Crippen molar-refractivity contribution in [1.29, 1.82) is 0 Å². The van der Waals surface area contributed by atoms with Crippen molar-refractivity contribution in [1.82, 2.24) is 15.2 Å². The topological polar surface area (TPSA) is 45.2 Å². The molecule has 0 spiro atoms. The lowest BCUT2D eigenvalue weighted by atomic mass is 10.3. The average Bonchev–Trinajstić information content (AvgIpc) is 2.41. The van der Waals surface area contributed by atoms with Crippen LogP contribution < -0.4 is 5.32 Å². The molecule has 0 radical (unpaired) electrons. The van der Waals surface area contributed by atoms with Crippen LogP contribution >= 0.6 is 23.4 Å². The van der Waals surface area contributed by atoms with Gasteiger partial charge < -0.3 is 10.2 Å². The summed E-state index contributed by atoms with van der Waals surface area (Å²) >= 11 is 7.46. The molecule has 18 heavy (non-hydrogen) atoms. The monoisotopic (exact) mass is 285 g/mol. The van der Waals surface area contributed by atoms with Crippen molar-refractivity contribution in [3.05, 3.63) is 23.4 Å². The number of rotatable bonds is 3. The van der Waals surface area contributed by atoms with Gasteiger partial charge in [0.1, 0.15) is 5.03 Å². The summed E-state index contributed by atoms with van der Waals surface area (Å²) in [5, 5.41) is 4.39. The highest BCUT2D eigenvalue weighted by Crippen LogP contribution is 2.28. The summed E-state index contributed by atoms with van der Waals surface area (Å²) in [6.07, 6.45) is 1.69. The van der Waals surface area contributed by atoms with Crippen LogP contribution in [0.25, 0.3) is 0 Å². The minimum absolute atomic E-state index is 0.156. The largest absolute Gasteiger partial charge is 0.339 e. The first kappa shape index (κ1) is 13.6. The molecular formula is C12H16ClN3OS. The molecule has 98 valence electrons. The molecule has 2 heterocycles. The van der Waals surface area contributed by atoms with Crippen LogP contribution in [0.1, 0.15) is 6.92 Å². The molecule has 0 bridgehead atoms. The highest BCUT2D eigenvalue weighted by atomic mass is 35.5. The van der Waals surface area contributed by atoms with Crippen molar-refractivity contribution in [3.63, 3.8) is 0 Å². The number of halogens is 1. The van der Waals surface area contributed by atoms with Crippen LogP contribution in [0.3, 0.4) is 0 Å². The molecule has 1 aromatic heterocycles. The summed E-state index contributed by atoms with van der Waals surface area (Å²) in [7, 11) is 0. The molecule has 0 saturated carbocycles. The third-order valence-electron chi connectivity index (χ3n) is 2.79. The molecule has 1 amide bonds. The van der Waals surface area contributed by atoms with E-state index in [-0.39, 0.29) is 11.2 Å². The molecule has 0 aromatic carbocycles. The second-order valence-corrected chi connectivity index (χ2v) is 5.86. The Bertz CT molecular complexity index is 424. The minimum Gasteiger partial charge on any atom is -0.339 e. The van der Waals surface area contributed by atoms with Crippen molar-refractivity contribution in [2.24, 2.45) is 0 Å². The van der Waals surface area contributed by atoms with E-state index in [9.17, 15) is 4.79 Å². The van der Waals surface area contributed by atoms with Gasteiger partial charge in [0.2, 0.25) is 5.91 Å². The third kappa shape index (κ3) is 3.37. The zero-order valence-electron chi connectivity index (χ0n) is 10.2. The van der Waals surface area contributed by atoms with E-state index in [1.165, 1.54) is 11.8 Å². The van der Waals surface area contributed by atoms with Crippen molar-refractivity contribution in [2.45, 2.75) is 17.2 Å². The number of carbonyl (C=O) groups excluding carboxylic acids is 1. The predicted molar refractivity (Wildman–Crippen MR) is 74.0 cm³/mol. The Morgan fingerprint density at radius 3 is 2.94 bits per heavy atom. The minimum atomic E-state index is -0.157. The van der Waals surface area contributed by atoms with Crippen LogP contribution in [0.4, 0.5) is 0 Å². The molecule has 4 nitrogen and oxygen atoms in total. The van der Waals surface area contributed by atoms with Crippen molar-refractivity contribution >= 4 is 29.3 Å². The van der Waals surface area contributed by atoms with Crippen LogP contribution in [-0.2, 0) is 4.79 Å². The molecule has 2 rings (SSSR count). The Morgan fingerprint density at radius 2 is 2.28 bits per heavy atom. The number of hydrogen-bond acceptors (Lipinski definition) is 4. The number of piperazine rings is 1. The van der Waals surface area contributed by atoms with E-state index >= 15 is 0 Å². The normalized spacial score (nSPS) is 17.6. The second kappa shape index (κ2) is 6.41. The Labute approximate surface area is 116 Å². The fourth-order valence-electron chi connectivity index (χ4n) is 1.82. The number of aromatic nitrogens is 1. The first-order valence-corrected chi connectivity index (χ1v) is 7.21. The van der Waals surface area contributed by atoms with Gasteiger partial charge in [-0.25, -0.2) is 4.98 Å².